The molecular formula is C17H17N5O. The van der Waals surface area contributed by atoms with Crippen LogP contribution in [-0.4, -0.2) is 25.7 Å². The molecule has 0 saturated heterocycles. The van der Waals surface area contributed by atoms with Gasteiger partial charge in [-0.3, -0.25) is 15.1 Å². The standard InChI is InChI=1S/C17H17N5O/c1-11(23)19-17-20-16-14(6-4-8-22(16)21-17)13-9-12-5-2-3-7-15(12)18-10-13/h2-3,5,7,9-10,14H,4,6,8H2,1H3,(H,19,21,23). The summed E-state index contributed by atoms with van der Waals surface area (Å²) < 4.78 is 1.90. The maximum absolute atomic E-state index is 11.2. The summed E-state index contributed by atoms with van der Waals surface area (Å²) in [7, 11) is 0. The van der Waals surface area contributed by atoms with E-state index in [-0.39, 0.29) is 11.8 Å². The van der Waals surface area contributed by atoms with Crippen molar-refractivity contribution in [1.29, 1.82) is 0 Å². The average Bonchev–Trinajstić information content (AvgIpc) is 2.95. The van der Waals surface area contributed by atoms with Gasteiger partial charge in [0, 0.05) is 31.0 Å². The molecule has 1 amide bonds. The Kier molecular flexibility index (Phi) is 3.29. The van der Waals surface area contributed by atoms with Crippen LogP contribution in [0.5, 0.6) is 0 Å². The summed E-state index contributed by atoms with van der Waals surface area (Å²) in [5.74, 6) is 1.29. The number of fused-ring (bicyclic) bond motifs is 2. The second-order valence-electron chi connectivity index (χ2n) is 5.85. The Morgan fingerprint density at radius 2 is 2.22 bits per heavy atom. The molecule has 0 saturated carbocycles. The molecular weight excluding hydrogens is 290 g/mol. The van der Waals surface area contributed by atoms with Gasteiger partial charge in [0.05, 0.1) is 5.52 Å². The van der Waals surface area contributed by atoms with Gasteiger partial charge in [-0.15, -0.1) is 5.10 Å². The molecule has 1 aliphatic rings. The maximum Gasteiger partial charge on any atom is 0.248 e. The van der Waals surface area contributed by atoms with E-state index < -0.39 is 0 Å². The minimum Gasteiger partial charge on any atom is -0.293 e. The van der Waals surface area contributed by atoms with Crippen LogP contribution >= 0.6 is 0 Å². The molecule has 1 aromatic carbocycles. The molecule has 0 aliphatic carbocycles. The van der Waals surface area contributed by atoms with Gasteiger partial charge in [-0.2, -0.15) is 4.98 Å². The topological polar surface area (TPSA) is 72.7 Å². The molecule has 3 heterocycles. The van der Waals surface area contributed by atoms with Crippen LogP contribution in [0.3, 0.4) is 0 Å². The highest BCUT2D eigenvalue weighted by atomic mass is 16.1. The van der Waals surface area contributed by atoms with E-state index in [4.69, 9.17) is 0 Å². The van der Waals surface area contributed by atoms with Gasteiger partial charge in [0.15, 0.2) is 0 Å². The first kappa shape index (κ1) is 13.9. The van der Waals surface area contributed by atoms with E-state index in [2.05, 4.69) is 32.5 Å². The Balaban J connectivity index is 1.74. The number of hydrogen-bond acceptors (Lipinski definition) is 4. The molecule has 0 fully saturated rings. The van der Waals surface area contributed by atoms with Gasteiger partial charge in [-0.05, 0) is 30.5 Å². The number of rotatable bonds is 2. The van der Waals surface area contributed by atoms with E-state index in [0.717, 1.165) is 41.7 Å². The molecule has 0 radical (unpaired) electrons. The summed E-state index contributed by atoms with van der Waals surface area (Å²) >= 11 is 0. The number of aromatic nitrogens is 4. The Morgan fingerprint density at radius 3 is 3.09 bits per heavy atom. The van der Waals surface area contributed by atoms with Crippen molar-refractivity contribution in [3.8, 4) is 0 Å². The lowest BCUT2D eigenvalue weighted by atomic mass is 9.91. The molecule has 1 aliphatic heterocycles. The number of nitrogens with zero attached hydrogens (tertiary/aromatic N) is 4. The molecule has 4 rings (SSSR count). The minimum atomic E-state index is -0.156. The first-order chi connectivity index (χ1) is 11.2. The fraction of sp³-hybridized carbons (Fsp3) is 0.294. The predicted molar refractivity (Wildman–Crippen MR) is 87.1 cm³/mol. The maximum atomic E-state index is 11.2. The summed E-state index contributed by atoms with van der Waals surface area (Å²) in [4.78, 5) is 20.3. The summed E-state index contributed by atoms with van der Waals surface area (Å²) in [6.45, 7) is 2.30. The number of carbonyl (C=O) groups is 1. The van der Waals surface area contributed by atoms with Crippen molar-refractivity contribution in [2.75, 3.05) is 5.32 Å². The number of hydrogen-bond donors (Lipinski definition) is 1. The molecule has 116 valence electrons. The highest BCUT2D eigenvalue weighted by Crippen LogP contribution is 2.33. The molecule has 6 heteroatoms. The molecule has 23 heavy (non-hydrogen) atoms. The van der Waals surface area contributed by atoms with E-state index in [0.29, 0.717) is 5.95 Å². The van der Waals surface area contributed by atoms with Crippen LogP contribution < -0.4 is 5.32 Å². The van der Waals surface area contributed by atoms with E-state index in [9.17, 15) is 4.79 Å². The van der Waals surface area contributed by atoms with Crippen LogP contribution in [0.2, 0.25) is 0 Å². The number of amides is 1. The number of pyridine rings is 1. The SMILES string of the molecule is CC(=O)Nc1nc2n(n1)CCCC2c1cnc2ccccc2c1. The Hall–Kier alpha value is -2.76. The van der Waals surface area contributed by atoms with E-state index in [1.165, 1.54) is 6.92 Å². The lowest BCUT2D eigenvalue weighted by molar-refractivity contribution is -0.114. The van der Waals surface area contributed by atoms with Crippen molar-refractivity contribution in [1.82, 2.24) is 19.7 Å². The number of para-hydroxylation sites is 1. The first-order valence-electron chi connectivity index (χ1n) is 7.78. The molecule has 2 aromatic heterocycles. The zero-order chi connectivity index (χ0) is 15.8. The molecule has 3 aromatic rings. The lowest BCUT2D eigenvalue weighted by Crippen LogP contribution is -2.18. The number of carbonyl (C=O) groups excluding carboxylic acids is 1. The van der Waals surface area contributed by atoms with Crippen molar-refractivity contribution < 1.29 is 4.79 Å². The van der Waals surface area contributed by atoms with Crippen LogP contribution in [0.25, 0.3) is 10.9 Å². The van der Waals surface area contributed by atoms with Crippen LogP contribution in [0, 0.1) is 0 Å². The molecule has 0 spiro atoms. The second-order valence-corrected chi connectivity index (χ2v) is 5.85. The zero-order valence-electron chi connectivity index (χ0n) is 12.9. The molecule has 1 N–H and O–H groups in total. The normalized spacial score (nSPS) is 17.0. The van der Waals surface area contributed by atoms with Crippen LogP contribution in [0.1, 0.15) is 37.1 Å². The van der Waals surface area contributed by atoms with Gasteiger partial charge in [0.1, 0.15) is 5.82 Å². The number of aryl methyl sites for hydroxylation is 1. The van der Waals surface area contributed by atoms with Gasteiger partial charge in [-0.25, -0.2) is 4.68 Å². The largest absolute Gasteiger partial charge is 0.293 e. The van der Waals surface area contributed by atoms with Crippen molar-refractivity contribution in [2.24, 2.45) is 0 Å². The van der Waals surface area contributed by atoms with Crippen molar-refractivity contribution in [3.63, 3.8) is 0 Å². The third-order valence-corrected chi connectivity index (χ3v) is 4.18. The fourth-order valence-corrected chi connectivity index (χ4v) is 3.16. The van der Waals surface area contributed by atoms with Gasteiger partial charge < -0.3 is 0 Å². The first-order valence-corrected chi connectivity index (χ1v) is 7.78. The molecule has 0 bridgehead atoms. The van der Waals surface area contributed by atoms with Crippen LogP contribution in [0.15, 0.2) is 36.5 Å². The van der Waals surface area contributed by atoms with Gasteiger partial charge in [0.25, 0.3) is 0 Å². The Labute approximate surface area is 133 Å². The Bertz CT molecular complexity index is 886. The van der Waals surface area contributed by atoms with Crippen molar-refractivity contribution in [2.45, 2.75) is 32.2 Å². The fourth-order valence-electron chi connectivity index (χ4n) is 3.16. The summed E-state index contributed by atoms with van der Waals surface area (Å²) in [6.07, 6.45) is 3.97. The quantitative estimate of drug-likeness (QED) is 0.790. The third kappa shape index (κ3) is 2.56. The van der Waals surface area contributed by atoms with Gasteiger partial charge in [-0.1, -0.05) is 18.2 Å². The number of anilines is 1. The third-order valence-electron chi connectivity index (χ3n) is 4.18. The van der Waals surface area contributed by atoms with Gasteiger partial charge in [0.2, 0.25) is 11.9 Å². The van der Waals surface area contributed by atoms with Crippen LogP contribution in [0.4, 0.5) is 5.95 Å². The van der Waals surface area contributed by atoms with E-state index in [1.54, 1.807) is 0 Å². The van der Waals surface area contributed by atoms with Gasteiger partial charge >= 0.3 is 0 Å². The zero-order valence-corrected chi connectivity index (χ0v) is 12.9. The minimum absolute atomic E-state index is 0.156. The predicted octanol–water partition coefficient (Wildman–Crippen LogP) is 2.71. The number of benzene rings is 1. The monoisotopic (exact) mass is 307 g/mol. The second kappa shape index (κ2) is 5.46. The summed E-state index contributed by atoms with van der Waals surface area (Å²) in [5, 5.41) is 8.18. The van der Waals surface area contributed by atoms with Crippen molar-refractivity contribution >= 4 is 22.8 Å². The Morgan fingerprint density at radius 1 is 1.35 bits per heavy atom. The summed E-state index contributed by atoms with van der Waals surface area (Å²) in [6, 6.07) is 10.3. The molecule has 1 atom stereocenters. The summed E-state index contributed by atoms with van der Waals surface area (Å²) in [5.41, 5.74) is 2.14. The van der Waals surface area contributed by atoms with Crippen molar-refractivity contribution in [3.05, 3.63) is 47.9 Å². The highest BCUT2D eigenvalue weighted by molar-refractivity contribution is 5.86. The molecule has 1 unspecified atom stereocenters. The highest BCUT2D eigenvalue weighted by Gasteiger charge is 2.26. The van der Waals surface area contributed by atoms with Crippen LogP contribution in [-0.2, 0) is 11.3 Å². The smallest absolute Gasteiger partial charge is 0.248 e. The van der Waals surface area contributed by atoms with E-state index >= 15 is 0 Å². The lowest BCUT2D eigenvalue weighted by Gasteiger charge is -2.22. The average molecular weight is 307 g/mol. The number of nitrogens with one attached hydrogen (secondary N) is 1. The molecule has 6 nitrogen and oxygen atoms in total. The van der Waals surface area contributed by atoms with E-state index in [1.807, 2.05) is 29.1 Å².